The minimum atomic E-state index is -0.700. The highest BCUT2D eigenvalue weighted by Crippen LogP contribution is 2.34. The van der Waals surface area contributed by atoms with Gasteiger partial charge in [0, 0.05) is 17.0 Å². The fraction of sp³-hybridized carbons (Fsp3) is 0.263. The third-order valence-electron chi connectivity index (χ3n) is 3.68. The minimum Gasteiger partial charge on any atom is -0.508 e. The van der Waals surface area contributed by atoms with Gasteiger partial charge in [-0.15, -0.1) is 5.10 Å². The van der Waals surface area contributed by atoms with E-state index in [9.17, 15) is 9.90 Å². The second-order valence-electron chi connectivity index (χ2n) is 6.14. The van der Waals surface area contributed by atoms with Crippen molar-refractivity contribution in [3.8, 4) is 11.5 Å². The molecule has 0 fully saturated rings. The predicted molar refractivity (Wildman–Crippen MR) is 101 cm³/mol. The highest BCUT2D eigenvalue weighted by molar-refractivity contribution is 9.10. The second kappa shape index (κ2) is 7.37. The molecular formula is C19H19BrN2O4. The Kier molecular flexibility index (Phi) is 5.18. The zero-order valence-electron chi connectivity index (χ0n) is 14.6. The first-order valence-corrected chi connectivity index (χ1v) is 8.95. The number of phenolic OH excluding ortho intramolecular Hbond substituents is 1. The Hall–Kier alpha value is -2.54. The number of benzene rings is 2. The number of halogens is 1. The average Bonchev–Trinajstić information content (AvgIpc) is 3.02. The van der Waals surface area contributed by atoms with E-state index in [1.807, 2.05) is 32.0 Å². The van der Waals surface area contributed by atoms with Gasteiger partial charge in [0.2, 0.25) is 18.0 Å². The number of phenols is 1. The number of carbonyl (C=O) groups excluding carboxylic acids is 1. The lowest BCUT2D eigenvalue weighted by molar-refractivity contribution is -0.135. The van der Waals surface area contributed by atoms with Crippen LogP contribution in [0.1, 0.15) is 38.1 Å². The quantitative estimate of drug-likeness (QED) is 0.807. The van der Waals surface area contributed by atoms with Gasteiger partial charge >= 0.3 is 0 Å². The summed E-state index contributed by atoms with van der Waals surface area (Å²) in [6, 6.07) is 12.0. The van der Waals surface area contributed by atoms with Crippen LogP contribution in [0.15, 0.2) is 52.0 Å². The van der Waals surface area contributed by atoms with Gasteiger partial charge in [-0.05, 0) is 56.3 Å². The van der Waals surface area contributed by atoms with Crippen molar-refractivity contribution in [2.75, 3.05) is 0 Å². The first kappa shape index (κ1) is 18.3. The third-order valence-corrected chi connectivity index (χ3v) is 4.17. The summed E-state index contributed by atoms with van der Waals surface area (Å²) >= 11 is 3.45. The Morgan fingerprint density at radius 2 is 1.96 bits per heavy atom. The van der Waals surface area contributed by atoms with Crippen molar-refractivity contribution < 1.29 is 19.4 Å². The highest BCUT2D eigenvalue weighted by atomic mass is 79.9. The molecule has 6 nitrogen and oxygen atoms in total. The first-order valence-electron chi connectivity index (χ1n) is 8.15. The molecule has 136 valence electrons. The zero-order valence-corrected chi connectivity index (χ0v) is 16.2. The van der Waals surface area contributed by atoms with Crippen LogP contribution in [0.5, 0.6) is 11.5 Å². The Morgan fingerprint density at radius 1 is 1.27 bits per heavy atom. The summed E-state index contributed by atoms with van der Waals surface area (Å²) in [6.45, 7) is 5.30. The summed E-state index contributed by atoms with van der Waals surface area (Å²) < 4.78 is 12.7. The molecule has 3 rings (SSSR count). The van der Waals surface area contributed by atoms with Crippen molar-refractivity contribution in [2.45, 2.75) is 33.1 Å². The molecule has 2 aromatic carbocycles. The van der Waals surface area contributed by atoms with Crippen LogP contribution in [0.4, 0.5) is 0 Å². The van der Waals surface area contributed by atoms with Crippen molar-refractivity contribution in [2.24, 2.45) is 5.10 Å². The van der Waals surface area contributed by atoms with Crippen LogP contribution >= 0.6 is 15.9 Å². The number of nitrogens with zero attached hydrogens (tertiary/aromatic N) is 2. The molecule has 0 bridgehead atoms. The van der Waals surface area contributed by atoms with Crippen molar-refractivity contribution in [1.82, 2.24) is 5.01 Å². The van der Waals surface area contributed by atoms with Crippen LogP contribution < -0.4 is 4.74 Å². The van der Waals surface area contributed by atoms with Crippen LogP contribution in [0, 0.1) is 0 Å². The third kappa shape index (κ3) is 3.83. The Labute approximate surface area is 160 Å². The van der Waals surface area contributed by atoms with Gasteiger partial charge in [-0.25, -0.2) is 0 Å². The molecule has 1 amide bonds. The normalized spacial score (nSPS) is 16.4. The van der Waals surface area contributed by atoms with Crippen molar-refractivity contribution in [3.05, 3.63) is 58.1 Å². The van der Waals surface area contributed by atoms with E-state index in [1.165, 1.54) is 11.9 Å². The number of hydrogen-bond acceptors (Lipinski definition) is 5. The van der Waals surface area contributed by atoms with Gasteiger partial charge in [0.15, 0.2) is 0 Å². The number of rotatable bonds is 4. The van der Waals surface area contributed by atoms with Gasteiger partial charge < -0.3 is 14.6 Å². The van der Waals surface area contributed by atoms with E-state index in [0.29, 0.717) is 22.8 Å². The van der Waals surface area contributed by atoms with Gasteiger partial charge in [0.25, 0.3) is 0 Å². The van der Waals surface area contributed by atoms with Crippen molar-refractivity contribution in [1.29, 1.82) is 0 Å². The molecule has 2 aromatic rings. The number of carbonyl (C=O) groups is 1. The van der Waals surface area contributed by atoms with E-state index >= 15 is 0 Å². The molecule has 0 unspecified atom stereocenters. The van der Waals surface area contributed by atoms with E-state index in [0.717, 1.165) is 4.47 Å². The summed E-state index contributed by atoms with van der Waals surface area (Å²) in [5, 5.41) is 15.1. The number of aromatic hydroxyl groups is 1. The number of amides is 1. The molecule has 1 aliphatic heterocycles. The van der Waals surface area contributed by atoms with Crippen LogP contribution in [0.2, 0.25) is 0 Å². The molecule has 0 saturated heterocycles. The van der Waals surface area contributed by atoms with Crippen molar-refractivity contribution >= 4 is 27.7 Å². The van der Waals surface area contributed by atoms with Gasteiger partial charge in [-0.1, -0.05) is 15.9 Å². The molecular weight excluding hydrogens is 400 g/mol. The van der Waals surface area contributed by atoms with E-state index < -0.39 is 6.23 Å². The summed E-state index contributed by atoms with van der Waals surface area (Å²) in [5.41, 5.74) is 1.36. The lowest BCUT2D eigenvalue weighted by Crippen LogP contribution is -2.25. The molecule has 1 aliphatic rings. The maximum Gasteiger partial charge on any atom is 0.244 e. The molecule has 26 heavy (non-hydrogen) atoms. The lowest BCUT2D eigenvalue weighted by Gasteiger charge is -2.19. The fourth-order valence-corrected chi connectivity index (χ4v) is 2.92. The largest absolute Gasteiger partial charge is 0.508 e. The minimum absolute atomic E-state index is 0.0197. The van der Waals surface area contributed by atoms with Crippen LogP contribution in [0.3, 0.4) is 0 Å². The van der Waals surface area contributed by atoms with Crippen LogP contribution in [-0.4, -0.2) is 28.0 Å². The number of hydrogen-bond donors (Lipinski definition) is 1. The topological polar surface area (TPSA) is 71.4 Å². The monoisotopic (exact) mass is 418 g/mol. The van der Waals surface area contributed by atoms with Crippen LogP contribution in [0.25, 0.3) is 0 Å². The standard InChI is InChI=1S/C19H19BrN2O4/c1-11(2)25-17-9-6-14(20)10-16(17)18-21-22(12(3)23)19(26-18)13-4-7-15(24)8-5-13/h4-11,19,24H,1-3H3/t19-/m0/s1. The molecule has 0 aromatic heterocycles. The average molecular weight is 419 g/mol. The first-order chi connectivity index (χ1) is 12.3. The van der Waals surface area contributed by atoms with Crippen LogP contribution in [-0.2, 0) is 9.53 Å². The maximum atomic E-state index is 12.1. The molecule has 0 spiro atoms. The summed E-state index contributed by atoms with van der Waals surface area (Å²) in [5.74, 6) is 0.813. The molecule has 0 saturated carbocycles. The molecule has 1 heterocycles. The molecule has 1 atom stereocenters. The second-order valence-corrected chi connectivity index (χ2v) is 7.05. The number of hydrazone groups is 1. The molecule has 1 N–H and O–H groups in total. The maximum absolute atomic E-state index is 12.1. The number of ether oxygens (including phenoxy) is 2. The van der Waals surface area contributed by atoms with E-state index in [-0.39, 0.29) is 17.8 Å². The van der Waals surface area contributed by atoms with Crippen molar-refractivity contribution in [3.63, 3.8) is 0 Å². The Morgan fingerprint density at radius 3 is 2.58 bits per heavy atom. The zero-order chi connectivity index (χ0) is 18.8. The van der Waals surface area contributed by atoms with Gasteiger partial charge in [0.1, 0.15) is 11.5 Å². The summed E-state index contributed by atoms with van der Waals surface area (Å²) in [6.07, 6.45) is -0.720. The molecule has 0 radical (unpaired) electrons. The van der Waals surface area contributed by atoms with E-state index in [1.54, 1.807) is 24.3 Å². The predicted octanol–water partition coefficient (Wildman–Crippen LogP) is 4.18. The summed E-state index contributed by atoms with van der Waals surface area (Å²) in [4.78, 5) is 12.1. The Balaban J connectivity index is 1.99. The van der Waals surface area contributed by atoms with E-state index in [2.05, 4.69) is 21.0 Å². The molecule has 7 heteroatoms. The van der Waals surface area contributed by atoms with Gasteiger partial charge in [0.05, 0.1) is 11.7 Å². The fourth-order valence-electron chi connectivity index (χ4n) is 2.56. The van der Waals surface area contributed by atoms with E-state index in [4.69, 9.17) is 9.47 Å². The summed E-state index contributed by atoms with van der Waals surface area (Å²) in [7, 11) is 0. The smallest absolute Gasteiger partial charge is 0.244 e. The Bertz CT molecular complexity index is 849. The van der Waals surface area contributed by atoms with Gasteiger partial charge in [-0.2, -0.15) is 5.01 Å². The van der Waals surface area contributed by atoms with Gasteiger partial charge in [-0.3, -0.25) is 4.79 Å². The lowest BCUT2D eigenvalue weighted by atomic mass is 10.1. The highest BCUT2D eigenvalue weighted by Gasteiger charge is 2.34. The molecule has 0 aliphatic carbocycles. The SMILES string of the molecule is CC(=O)N1N=C(c2cc(Br)ccc2OC(C)C)O[C@H]1c1ccc(O)cc1.